The Hall–Kier alpha value is -3.56. The summed E-state index contributed by atoms with van der Waals surface area (Å²) in [6, 6.07) is 10.9. The number of aromatic nitrogens is 2. The second-order valence-corrected chi connectivity index (χ2v) is 11.7. The molecule has 0 aliphatic carbocycles. The number of nitrogens with two attached hydrogens (primary N) is 1. The maximum atomic E-state index is 12.9. The monoisotopic (exact) mass is 599 g/mol. The van der Waals surface area contributed by atoms with Gasteiger partial charge in [-0.1, -0.05) is 41.4 Å². The van der Waals surface area contributed by atoms with Crippen LogP contribution in [0.2, 0.25) is 10.0 Å². The van der Waals surface area contributed by atoms with E-state index in [1.807, 2.05) is 39.0 Å². The molecule has 2 aromatic heterocycles. The number of amides is 2. The van der Waals surface area contributed by atoms with Gasteiger partial charge in [0.15, 0.2) is 0 Å². The summed E-state index contributed by atoms with van der Waals surface area (Å²) in [5, 5.41) is 3.71. The summed E-state index contributed by atoms with van der Waals surface area (Å²) in [6.07, 6.45) is 3.67. The van der Waals surface area contributed by atoms with Crippen LogP contribution < -0.4 is 15.8 Å². The molecule has 3 heterocycles. The fourth-order valence-corrected chi connectivity index (χ4v) is 5.20. The topological polar surface area (TPSA) is 120 Å². The minimum absolute atomic E-state index is 0.00690. The molecule has 1 saturated heterocycles. The Labute approximate surface area is 250 Å². The molecule has 0 bridgehead atoms. The van der Waals surface area contributed by atoms with E-state index >= 15 is 0 Å². The van der Waals surface area contributed by atoms with E-state index in [9.17, 15) is 9.59 Å². The van der Waals surface area contributed by atoms with Gasteiger partial charge in [0.25, 0.3) is 0 Å². The number of anilines is 1. The van der Waals surface area contributed by atoms with Crippen molar-refractivity contribution in [3.8, 4) is 28.4 Å². The zero-order valence-electron chi connectivity index (χ0n) is 23.7. The molecule has 1 aliphatic rings. The lowest BCUT2D eigenvalue weighted by Gasteiger charge is -2.29. The Kier molecular flexibility index (Phi) is 9.60. The highest BCUT2D eigenvalue weighted by Crippen LogP contribution is 2.39. The van der Waals surface area contributed by atoms with Crippen molar-refractivity contribution in [2.75, 3.05) is 25.9 Å². The van der Waals surface area contributed by atoms with Crippen molar-refractivity contribution in [1.82, 2.24) is 20.2 Å². The van der Waals surface area contributed by atoms with E-state index in [1.54, 1.807) is 36.4 Å². The average molecular weight is 601 g/mol. The van der Waals surface area contributed by atoms with Gasteiger partial charge in [-0.25, -0.2) is 9.78 Å². The summed E-state index contributed by atoms with van der Waals surface area (Å²) in [5.74, 6) is 0.471. The molecule has 4 rings (SSSR count). The first-order valence-corrected chi connectivity index (χ1v) is 14.2. The van der Waals surface area contributed by atoms with Crippen LogP contribution in [0.5, 0.6) is 5.88 Å². The number of nitrogens with one attached hydrogen (secondary N) is 1. The van der Waals surface area contributed by atoms with E-state index in [0.29, 0.717) is 82.9 Å². The van der Waals surface area contributed by atoms with Crippen LogP contribution in [0.4, 0.5) is 10.5 Å². The summed E-state index contributed by atoms with van der Waals surface area (Å²) in [7, 11) is 1.57. The van der Waals surface area contributed by atoms with E-state index in [4.69, 9.17) is 43.4 Å². The Morgan fingerprint density at radius 3 is 2.61 bits per heavy atom. The number of carbonyl (C=O) groups is 2. The lowest BCUT2D eigenvalue weighted by Crippen LogP contribution is -2.44. The highest BCUT2D eigenvalue weighted by molar-refractivity contribution is 6.38. The minimum atomic E-state index is -0.621. The molecule has 41 heavy (non-hydrogen) atoms. The minimum Gasteiger partial charge on any atom is -0.481 e. The molecule has 1 atom stereocenters. The third-order valence-electron chi connectivity index (χ3n) is 6.63. The van der Waals surface area contributed by atoms with Gasteiger partial charge in [0.2, 0.25) is 11.8 Å². The number of hydrogen-bond donors (Lipinski definition) is 2. The van der Waals surface area contributed by atoms with Crippen LogP contribution in [0.3, 0.4) is 0 Å². The van der Waals surface area contributed by atoms with E-state index < -0.39 is 11.7 Å². The quantitative estimate of drug-likeness (QED) is 0.283. The van der Waals surface area contributed by atoms with Crippen LogP contribution >= 0.6 is 23.2 Å². The third-order valence-corrected chi connectivity index (χ3v) is 7.44. The molecule has 1 aliphatic heterocycles. The number of aryl methyl sites for hydroxylation is 1. The predicted octanol–water partition coefficient (Wildman–Crippen LogP) is 6.16. The molecular weight excluding hydrogens is 565 g/mol. The maximum Gasteiger partial charge on any atom is 0.410 e. The lowest BCUT2D eigenvalue weighted by atomic mass is 10.0. The summed E-state index contributed by atoms with van der Waals surface area (Å²) < 4.78 is 11.2. The van der Waals surface area contributed by atoms with Gasteiger partial charge in [-0.15, -0.1) is 0 Å². The molecule has 11 heteroatoms. The molecule has 9 nitrogen and oxygen atoms in total. The first kappa shape index (κ1) is 30.4. The van der Waals surface area contributed by atoms with Crippen LogP contribution in [0.25, 0.3) is 22.5 Å². The Bertz CT molecular complexity index is 1430. The second kappa shape index (κ2) is 13.0. The number of nitrogen functional groups attached to an aromatic ring is 1. The number of benzene rings is 1. The average Bonchev–Trinajstić information content (AvgIpc) is 3.33. The SMILES string of the molecule is COc1nc(-c2ccnc(-c3cccc(N)c3Cl)c2Cl)ccc1CCCN(C[C@@H]1CCC(=O)N1)C(=O)OC(C)(C)C. The Balaban J connectivity index is 1.50. The van der Waals surface area contributed by atoms with Gasteiger partial charge in [0.1, 0.15) is 5.60 Å². The standard InChI is InChI=1S/C30H35Cl2N5O4/c1-30(2,3)41-29(39)37(17-19-11-13-24(38)35-19)16-6-7-18-10-12-23(36-28(18)40-4)20-14-15-34-27(26(20)32)21-8-5-9-22(33)25(21)31/h5,8-10,12,14-15,19H,6-7,11,13,16-17,33H2,1-4H3,(H,35,38)/t19-/m0/s1. The van der Waals surface area contributed by atoms with Crippen LogP contribution in [0.1, 0.15) is 45.6 Å². The summed E-state index contributed by atoms with van der Waals surface area (Å²) >= 11 is 13.2. The van der Waals surface area contributed by atoms with Crippen LogP contribution in [0, 0.1) is 0 Å². The zero-order valence-corrected chi connectivity index (χ0v) is 25.2. The van der Waals surface area contributed by atoms with Crippen molar-refractivity contribution in [3.63, 3.8) is 0 Å². The van der Waals surface area contributed by atoms with Crippen molar-refractivity contribution in [2.45, 2.75) is 58.1 Å². The normalized spacial score (nSPS) is 15.0. The molecule has 0 radical (unpaired) electrons. The number of hydrogen-bond acceptors (Lipinski definition) is 7. The second-order valence-electron chi connectivity index (χ2n) is 10.9. The summed E-state index contributed by atoms with van der Waals surface area (Å²) in [5.41, 5.74) is 9.12. The number of pyridine rings is 2. The number of ether oxygens (including phenoxy) is 2. The van der Waals surface area contributed by atoms with Gasteiger partial charge in [-0.3, -0.25) is 9.78 Å². The number of carbonyl (C=O) groups excluding carboxylic acids is 2. The van der Waals surface area contributed by atoms with E-state index in [2.05, 4.69) is 10.3 Å². The van der Waals surface area contributed by atoms with Gasteiger partial charge in [-0.05, 0) is 58.2 Å². The van der Waals surface area contributed by atoms with E-state index in [-0.39, 0.29) is 11.9 Å². The molecule has 3 aromatic rings. The molecule has 0 unspecified atom stereocenters. The van der Waals surface area contributed by atoms with E-state index in [1.165, 1.54) is 0 Å². The number of rotatable bonds is 9. The summed E-state index contributed by atoms with van der Waals surface area (Å²) in [4.78, 5) is 35.4. The van der Waals surface area contributed by atoms with Gasteiger partial charge >= 0.3 is 6.09 Å². The van der Waals surface area contributed by atoms with Crippen LogP contribution in [-0.2, 0) is 16.0 Å². The lowest BCUT2D eigenvalue weighted by molar-refractivity contribution is -0.119. The van der Waals surface area contributed by atoms with Crippen molar-refractivity contribution in [3.05, 3.63) is 58.2 Å². The Morgan fingerprint density at radius 2 is 1.93 bits per heavy atom. The smallest absolute Gasteiger partial charge is 0.410 e. The van der Waals surface area contributed by atoms with Crippen molar-refractivity contribution >= 4 is 40.9 Å². The van der Waals surface area contributed by atoms with Gasteiger partial charge in [0.05, 0.1) is 34.2 Å². The molecule has 218 valence electrons. The van der Waals surface area contributed by atoms with Crippen LogP contribution in [0.15, 0.2) is 42.6 Å². The Morgan fingerprint density at radius 1 is 1.15 bits per heavy atom. The molecule has 0 spiro atoms. The molecule has 1 aromatic carbocycles. The van der Waals surface area contributed by atoms with Crippen LogP contribution in [-0.4, -0.2) is 58.7 Å². The highest BCUT2D eigenvalue weighted by Gasteiger charge is 2.28. The number of methoxy groups -OCH3 is 1. The number of nitrogens with zero attached hydrogens (tertiary/aromatic N) is 3. The first-order valence-electron chi connectivity index (χ1n) is 13.5. The van der Waals surface area contributed by atoms with E-state index in [0.717, 1.165) is 5.56 Å². The van der Waals surface area contributed by atoms with Gasteiger partial charge in [-0.2, -0.15) is 0 Å². The third kappa shape index (κ3) is 7.59. The fraction of sp³-hybridized carbons (Fsp3) is 0.400. The van der Waals surface area contributed by atoms with Gasteiger partial charge < -0.3 is 25.4 Å². The molecule has 2 amide bonds. The molecule has 0 saturated carbocycles. The van der Waals surface area contributed by atoms with Crippen molar-refractivity contribution < 1.29 is 19.1 Å². The molecule has 1 fully saturated rings. The zero-order chi connectivity index (χ0) is 29.7. The van der Waals surface area contributed by atoms with Gasteiger partial charge in [0, 0.05) is 48.4 Å². The first-order chi connectivity index (χ1) is 19.5. The predicted molar refractivity (Wildman–Crippen MR) is 161 cm³/mol. The molecule has 3 N–H and O–H groups in total. The fourth-order valence-electron chi connectivity index (χ4n) is 4.67. The molecular formula is C30H35Cl2N5O4. The maximum absolute atomic E-state index is 12.9. The number of halogens is 2. The van der Waals surface area contributed by atoms with Crippen molar-refractivity contribution in [2.24, 2.45) is 0 Å². The summed E-state index contributed by atoms with van der Waals surface area (Å²) in [6.45, 7) is 6.35. The largest absolute Gasteiger partial charge is 0.481 e. The van der Waals surface area contributed by atoms with Crippen molar-refractivity contribution in [1.29, 1.82) is 0 Å². The highest BCUT2D eigenvalue weighted by atomic mass is 35.5.